The molecule has 0 aliphatic rings. The van der Waals surface area contributed by atoms with Gasteiger partial charge in [0.15, 0.2) is 6.61 Å². The van der Waals surface area contributed by atoms with Gasteiger partial charge in [-0.1, -0.05) is 43.1 Å². The molecule has 0 aliphatic carbocycles. The van der Waals surface area contributed by atoms with Crippen LogP contribution in [-0.2, 0) is 4.79 Å². The van der Waals surface area contributed by atoms with Gasteiger partial charge < -0.3 is 9.64 Å². The lowest BCUT2D eigenvalue weighted by molar-refractivity contribution is -0.120. The zero-order valence-corrected chi connectivity index (χ0v) is 13.4. The first-order valence-corrected chi connectivity index (χ1v) is 7.82. The summed E-state index contributed by atoms with van der Waals surface area (Å²) in [5, 5.41) is 0.646. The molecule has 0 aromatic heterocycles. The number of amides is 1. The third-order valence-electron chi connectivity index (χ3n) is 3.28. The van der Waals surface area contributed by atoms with E-state index in [4.69, 9.17) is 16.3 Å². The minimum atomic E-state index is -0.0467. The Hall–Kier alpha value is -2.00. The Bertz CT molecular complexity index is 584. The zero-order valence-electron chi connectivity index (χ0n) is 12.7. The molecule has 2 rings (SSSR count). The highest BCUT2D eigenvalue weighted by Gasteiger charge is 2.15. The van der Waals surface area contributed by atoms with Gasteiger partial charge >= 0.3 is 0 Å². The van der Waals surface area contributed by atoms with E-state index in [0.717, 1.165) is 18.5 Å². The van der Waals surface area contributed by atoms with Crippen molar-refractivity contribution >= 4 is 23.2 Å². The van der Waals surface area contributed by atoms with Crippen molar-refractivity contribution in [2.24, 2.45) is 0 Å². The molecule has 0 fully saturated rings. The fourth-order valence-electron chi connectivity index (χ4n) is 2.08. The Kier molecular flexibility index (Phi) is 6.28. The molecule has 0 atom stereocenters. The van der Waals surface area contributed by atoms with E-state index in [1.807, 2.05) is 30.3 Å². The van der Waals surface area contributed by atoms with Crippen LogP contribution in [0.4, 0.5) is 5.69 Å². The van der Waals surface area contributed by atoms with Crippen LogP contribution in [0.3, 0.4) is 0 Å². The van der Waals surface area contributed by atoms with Crippen molar-refractivity contribution in [2.45, 2.75) is 19.8 Å². The zero-order chi connectivity index (χ0) is 15.8. The minimum absolute atomic E-state index is 0.0141. The summed E-state index contributed by atoms with van der Waals surface area (Å²) in [7, 11) is 0. The predicted molar refractivity (Wildman–Crippen MR) is 90.7 cm³/mol. The lowest BCUT2D eigenvalue weighted by Gasteiger charge is -2.22. The van der Waals surface area contributed by atoms with Gasteiger partial charge in [-0.05, 0) is 42.8 Å². The fourth-order valence-corrected chi connectivity index (χ4v) is 2.20. The molecule has 3 nitrogen and oxygen atoms in total. The van der Waals surface area contributed by atoms with Gasteiger partial charge in [0.05, 0.1) is 0 Å². The second-order valence-electron chi connectivity index (χ2n) is 4.98. The number of rotatable bonds is 7. The Morgan fingerprint density at radius 3 is 2.41 bits per heavy atom. The average molecular weight is 318 g/mol. The molecule has 0 aliphatic heterocycles. The molecule has 0 N–H and O–H groups in total. The first-order chi connectivity index (χ1) is 10.7. The minimum Gasteiger partial charge on any atom is -0.484 e. The van der Waals surface area contributed by atoms with E-state index in [9.17, 15) is 4.79 Å². The lowest BCUT2D eigenvalue weighted by atomic mass is 10.2. The Balaban J connectivity index is 2.00. The molecule has 0 saturated carbocycles. The molecule has 0 unspecified atom stereocenters. The number of benzene rings is 2. The molecule has 116 valence electrons. The quantitative estimate of drug-likeness (QED) is 0.749. The summed E-state index contributed by atoms with van der Waals surface area (Å²) in [5.41, 5.74) is 0.903. The number of halogens is 1. The van der Waals surface area contributed by atoms with Crippen LogP contribution < -0.4 is 9.64 Å². The van der Waals surface area contributed by atoms with Crippen molar-refractivity contribution in [1.29, 1.82) is 0 Å². The van der Waals surface area contributed by atoms with E-state index in [0.29, 0.717) is 17.3 Å². The largest absolute Gasteiger partial charge is 0.484 e. The van der Waals surface area contributed by atoms with E-state index in [1.54, 1.807) is 29.2 Å². The SMILES string of the molecule is CCCCN(C(=O)COc1ccc(Cl)cc1)c1ccccc1. The average Bonchev–Trinajstić information content (AvgIpc) is 2.55. The van der Waals surface area contributed by atoms with Crippen molar-refractivity contribution < 1.29 is 9.53 Å². The van der Waals surface area contributed by atoms with Gasteiger partial charge in [0, 0.05) is 17.3 Å². The number of ether oxygens (including phenoxy) is 1. The Morgan fingerprint density at radius 1 is 1.09 bits per heavy atom. The number of para-hydroxylation sites is 1. The van der Waals surface area contributed by atoms with Crippen LogP contribution >= 0.6 is 11.6 Å². The van der Waals surface area contributed by atoms with Crippen molar-refractivity contribution in [3.8, 4) is 5.75 Å². The lowest BCUT2D eigenvalue weighted by Crippen LogP contribution is -2.35. The molecule has 4 heteroatoms. The summed E-state index contributed by atoms with van der Waals surface area (Å²) in [6.45, 7) is 2.82. The maximum Gasteiger partial charge on any atom is 0.264 e. The maximum absolute atomic E-state index is 12.5. The molecule has 0 heterocycles. The molecule has 0 saturated heterocycles. The van der Waals surface area contributed by atoms with Gasteiger partial charge in [-0.2, -0.15) is 0 Å². The van der Waals surface area contributed by atoms with Crippen LogP contribution in [0.1, 0.15) is 19.8 Å². The van der Waals surface area contributed by atoms with Crippen molar-refractivity contribution in [3.63, 3.8) is 0 Å². The number of carbonyl (C=O) groups excluding carboxylic acids is 1. The molecular formula is C18H20ClNO2. The second-order valence-corrected chi connectivity index (χ2v) is 5.41. The summed E-state index contributed by atoms with van der Waals surface area (Å²) in [4.78, 5) is 14.2. The second kappa shape index (κ2) is 8.44. The summed E-state index contributed by atoms with van der Waals surface area (Å²) in [6.07, 6.45) is 2.00. The highest BCUT2D eigenvalue weighted by Crippen LogP contribution is 2.17. The molecule has 0 radical (unpaired) electrons. The number of anilines is 1. The van der Waals surface area contributed by atoms with Crippen LogP contribution in [0.2, 0.25) is 5.02 Å². The van der Waals surface area contributed by atoms with Gasteiger partial charge in [-0.15, -0.1) is 0 Å². The number of unbranched alkanes of at least 4 members (excludes halogenated alkanes) is 1. The summed E-state index contributed by atoms with van der Waals surface area (Å²) in [6, 6.07) is 16.7. The van der Waals surface area contributed by atoms with Crippen molar-refractivity contribution in [1.82, 2.24) is 0 Å². The van der Waals surface area contributed by atoms with Crippen molar-refractivity contribution in [3.05, 3.63) is 59.6 Å². The Morgan fingerprint density at radius 2 is 1.77 bits per heavy atom. The molecule has 1 amide bonds. The van der Waals surface area contributed by atoms with Gasteiger partial charge in [0.2, 0.25) is 0 Å². The molecule has 2 aromatic carbocycles. The highest BCUT2D eigenvalue weighted by molar-refractivity contribution is 6.30. The first-order valence-electron chi connectivity index (χ1n) is 7.44. The van der Waals surface area contributed by atoms with Gasteiger partial charge in [-0.25, -0.2) is 0 Å². The maximum atomic E-state index is 12.5. The molecule has 22 heavy (non-hydrogen) atoms. The molecule has 0 bridgehead atoms. The van der Waals surface area contributed by atoms with E-state index >= 15 is 0 Å². The highest BCUT2D eigenvalue weighted by atomic mass is 35.5. The number of nitrogens with zero attached hydrogens (tertiary/aromatic N) is 1. The third-order valence-corrected chi connectivity index (χ3v) is 3.53. The summed E-state index contributed by atoms with van der Waals surface area (Å²) in [5.74, 6) is 0.593. The van der Waals surface area contributed by atoms with Crippen LogP contribution in [-0.4, -0.2) is 19.1 Å². The normalized spacial score (nSPS) is 10.3. The molecule has 2 aromatic rings. The van der Waals surface area contributed by atoms with Crippen molar-refractivity contribution in [2.75, 3.05) is 18.1 Å². The Labute approximate surface area is 136 Å². The van der Waals surface area contributed by atoms with E-state index < -0.39 is 0 Å². The summed E-state index contributed by atoms with van der Waals surface area (Å²) >= 11 is 5.83. The van der Waals surface area contributed by atoms with Crippen LogP contribution in [0.5, 0.6) is 5.75 Å². The summed E-state index contributed by atoms with van der Waals surface area (Å²) < 4.78 is 5.56. The topological polar surface area (TPSA) is 29.5 Å². The van der Waals surface area contributed by atoms with E-state index in [-0.39, 0.29) is 12.5 Å². The van der Waals surface area contributed by atoms with Crippen LogP contribution in [0.25, 0.3) is 0 Å². The number of carbonyl (C=O) groups is 1. The monoisotopic (exact) mass is 317 g/mol. The number of hydrogen-bond acceptors (Lipinski definition) is 2. The predicted octanol–water partition coefficient (Wildman–Crippen LogP) is 4.55. The smallest absolute Gasteiger partial charge is 0.264 e. The van der Waals surface area contributed by atoms with Gasteiger partial charge in [-0.3, -0.25) is 4.79 Å². The van der Waals surface area contributed by atoms with Gasteiger partial charge in [0.1, 0.15) is 5.75 Å². The molecule has 0 spiro atoms. The molecular weight excluding hydrogens is 298 g/mol. The third kappa shape index (κ3) is 4.78. The van der Waals surface area contributed by atoms with Crippen LogP contribution in [0, 0.1) is 0 Å². The first kappa shape index (κ1) is 16.4. The number of hydrogen-bond donors (Lipinski definition) is 0. The van der Waals surface area contributed by atoms with Gasteiger partial charge in [0.25, 0.3) is 5.91 Å². The standard InChI is InChI=1S/C18H20ClNO2/c1-2-3-13-20(16-7-5-4-6-8-16)18(21)14-22-17-11-9-15(19)10-12-17/h4-12H,2-3,13-14H2,1H3. The fraction of sp³-hybridized carbons (Fsp3) is 0.278. The van der Waals surface area contributed by atoms with Crippen LogP contribution in [0.15, 0.2) is 54.6 Å². The van der Waals surface area contributed by atoms with E-state index in [2.05, 4.69) is 6.92 Å². The van der Waals surface area contributed by atoms with E-state index in [1.165, 1.54) is 0 Å².